The van der Waals surface area contributed by atoms with Crippen LogP contribution in [0.5, 0.6) is 5.75 Å². The molecule has 15 heteroatoms. The molecule has 3 saturated heterocycles. The average molecular weight is 698 g/mol. The molecule has 47 heavy (non-hydrogen) atoms. The topological polar surface area (TPSA) is 114 Å². The number of anilines is 1. The predicted molar refractivity (Wildman–Crippen MR) is 170 cm³/mol. The monoisotopic (exact) mass is 697 g/mol. The van der Waals surface area contributed by atoms with E-state index in [1.165, 1.54) is 16.2 Å². The van der Waals surface area contributed by atoms with Gasteiger partial charge < -0.3 is 35.2 Å². The summed E-state index contributed by atoms with van der Waals surface area (Å²) in [6.45, 7) is 3.97. The lowest BCUT2D eigenvalue weighted by Crippen LogP contribution is -2.52. The predicted octanol–water partition coefficient (Wildman–Crippen LogP) is 5.92. The Morgan fingerprint density at radius 2 is 1.66 bits per heavy atom. The van der Waals surface area contributed by atoms with E-state index >= 15 is 0 Å². The van der Waals surface area contributed by atoms with Gasteiger partial charge in [0.15, 0.2) is 6.10 Å². The number of phenolic OH excluding ortho intramolecular Hbond substituents is 1. The highest BCUT2D eigenvalue weighted by molar-refractivity contribution is 7.08. The minimum atomic E-state index is -4.88. The maximum atomic E-state index is 13.9. The number of carbonyl (C=O) groups is 3. The van der Waals surface area contributed by atoms with Gasteiger partial charge in [-0.15, -0.1) is 11.3 Å². The molecule has 256 valence electrons. The van der Waals surface area contributed by atoms with Crippen molar-refractivity contribution in [2.75, 3.05) is 44.6 Å². The van der Waals surface area contributed by atoms with Crippen molar-refractivity contribution in [1.29, 1.82) is 0 Å². The van der Waals surface area contributed by atoms with E-state index in [1.54, 1.807) is 9.80 Å². The highest BCUT2D eigenvalue weighted by atomic mass is 35.5. The number of piperidine rings is 3. The van der Waals surface area contributed by atoms with Crippen LogP contribution < -0.4 is 10.6 Å². The molecule has 0 unspecified atom stereocenters. The largest absolute Gasteiger partial charge is 0.506 e. The molecule has 1 atom stereocenters. The van der Waals surface area contributed by atoms with E-state index in [0.29, 0.717) is 44.3 Å². The van der Waals surface area contributed by atoms with Crippen molar-refractivity contribution in [1.82, 2.24) is 20.0 Å². The molecule has 0 aliphatic carbocycles. The Morgan fingerprint density at radius 3 is 2.34 bits per heavy atom. The number of hydrogen-bond acceptors (Lipinski definition) is 7. The lowest BCUT2D eigenvalue weighted by molar-refractivity contribution is -0.142. The molecule has 4 aliphatic heterocycles. The summed E-state index contributed by atoms with van der Waals surface area (Å²) in [7, 11) is 0. The lowest BCUT2D eigenvalue weighted by Gasteiger charge is -2.40. The summed E-state index contributed by atoms with van der Waals surface area (Å²) in [4.78, 5) is 44.9. The number of aromatic hydroxyl groups is 1. The fraction of sp³-hybridized carbons (Fsp3) is 0.594. The number of thiophene rings is 1. The summed E-state index contributed by atoms with van der Waals surface area (Å²) in [6.07, 6.45) is -2.52. The number of likely N-dealkylation sites (tertiary alicyclic amines) is 2. The number of alkyl halides is 3. The molecule has 3 fully saturated rings. The van der Waals surface area contributed by atoms with Crippen molar-refractivity contribution in [2.45, 2.75) is 69.8 Å². The molecule has 6 rings (SSSR count). The van der Waals surface area contributed by atoms with Gasteiger partial charge in [-0.05, 0) is 86.5 Å². The minimum Gasteiger partial charge on any atom is -0.506 e. The second-order valence-corrected chi connectivity index (χ2v) is 14.0. The molecule has 0 saturated carbocycles. The van der Waals surface area contributed by atoms with Crippen LogP contribution in [0.3, 0.4) is 0 Å². The summed E-state index contributed by atoms with van der Waals surface area (Å²) in [6, 6.07) is 1.63. The number of ether oxygens (including phenoxy) is 1. The standard InChI is InChI=1S/C32H39ClF3N5O5S/c33-25-14-19(13-24(28(25)42)32(34,35)36)15-27(29(43)39-9-3-21(4-10-39)20-1-7-37-8-2-20)46-31(45)40-11-5-23(6-12-40)41-16-22-17-47-18-26(22)38-30(41)44/h13-14,17-18,20-21,23,27,37,42H,1-12,15-16H2,(H,38,44)/t27-/m1/s1. The third-order valence-corrected chi connectivity index (χ3v) is 11.1. The molecule has 1 aromatic carbocycles. The Hall–Kier alpha value is -3.23. The first kappa shape index (κ1) is 33.7. The van der Waals surface area contributed by atoms with E-state index in [0.717, 1.165) is 62.2 Å². The number of nitrogens with zero attached hydrogens (tertiary/aromatic N) is 3. The van der Waals surface area contributed by atoms with Crippen LogP contribution in [0, 0.1) is 11.8 Å². The molecular formula is C32H39ClF3N5O5S. The third-order valence-electron chi connectivity index (χ3n) is 10.0. The van der Waals surface area contributed by atoms with Crippen molar-refractivity contribution in [2.24, 2.45) is 11.8 Å². The van der Waals surface area contributed by atoms with Crippen molar-refractivity contribution in [3.63, 3.8) is 0 Å². The molecule has 10 nitrogen and oxygen atoms in total. The van der Waals surface area contributed by atoms with Gasteiger partial charge in [0.25, 0.3) is 5.91 Å². The number of fused-ring (bicyclic) bond motifs is 1. The van der Waals surface area contributed by atoms with Gasteiger partial charge in [-0.1, -0.05) is 11.6 Å². The first-order chi connectivity index (χ1) is 22.5. The molecule has 4 amide bonds. The lowest BCUT2D eigenvalue weighted by atomic mass is 9.79. The maximum Gasteiger partial charge on any atom is 0.420 e. The van der Waals surface area contributed by atoms with E-state index in [9.17, 15) is 32.7 Å². The molecular weight excluding hydrogens is 659 g/mol. The van der Waals surface area contributed by atoms with Gasteiger partial charge in [-0.25, -0.2) is 9.59 Å². The first-order valence-corrected chi connectivity index (χ1v) is 17.5. The van der Waals surface area contributed by atoms with Crippen molar-refractivity contribution in [3.8, 4) is 5.75 Å². The first-order valence-electron chi connectivity index (χ1n) is 16.1. The Balaban J connectivity index is 1.13. The number of nitrogens with one attached hydrogen (secondary N) is 2. The van der Waals surface area contributed by atoms with Gasteiger partial charge in [0.05, 0.1) is 22.8 Å². The van der Waals surface area contributed by atoms with Gasteiger partial charge in [0.1, 0.15) is 5.75 Å². The summed E-state index contributed by atoms with van der Waals surface area (Å²) in [5, 5.41) is 19.6. The Kier molecular flexibility index (Phi) is 10.1. The summed E-state index contributed by atoms with van der Waals surface area (Å²) >= 11 is 7.49. The van der Waals surface area contributed by atoms with Crippen molar-refractivity contribution >= 4 is 46.7 Å². The number of urea groups is 1. The second-order valence-electron chi connectivity index (χ2n) is 12.9. The van der Waals surface area contributed by atoms with Gasteiger partial charge in [0.2, 0.25) is 0 Å². The van der Waals surface area contributed by atoms with Crippen LogP contribution in [0.2, 0.25) is 5.02 Å². The highest BCUT2D eigenvalue weighted by Crippen LogP contribution is 2.41. The molecule has 3 N–H and O–H groups in total. The van der Waals surface area contributed by atoms with Gasteiger partial charge in [-0.2, -0.15) is 13.2 Å². The molecule has 0 bridgehead atoms. The normalized spacial score (nSPS) is 20.9. The maximum absolute atomic E-state index is 13.9. The van der Waals surface area contributed by atoms with E-state index < -0.39 is 40.6 Å². The zero-order valence-corrected chi connectivity index (χ0v) is 27.4. The zero-order valence-electron chi connectivity index (χ0n) is 25.9. The van der Waals surface area contributed by atoms with Gasteiger partial charge >= 0.3 is 18.3 Å². The van der Waals surface area contributed by atoms with Gasteiger partial charge in [-0.3, -0.25) is 4.79 Å². The van der Waals surface area contributed by atoms with E-state index in [2.05, 4.69) is 10.6 Å². The summed E-state index contributed by atoms with van der Waals surface area (Å²) in [5.41, 5.74) is 0.554. The minimum absolute atomic E-state index is 0.0125. The number of benzene rings is 1. The number of carbonyl (C=O) groups excluding carboxylic acids is 3. The number of phenols is 1. The van der Waals surface area contributed by atoms with Crippen LogP contribution in [0.15, 0.2) is 22.9 Å². The van der Waals surface area contributed by atoms with Crippen LogP contribution in [-0.4, -0.2) is 89.3 Å². The van der Waals surface area contributed by atoms with Crippen LogP contribution in [-0.2, 0) is 28.7 Å². The number of halogens is 4. The fourth-order valence-corrected chi connectivity index (χ4v) is 8.36. The number of amides is 4. The zero-order chi connectivity index (χ0) is 33.3. The van der Waals surface area contributed by atoms with Crippen LogP contribution in [0.1, 0.15) is 55.2 Å². The van der Waals surface area contributed by atoms with E-state index in [-0.39, 0.29) is 37.1 Å². The van der Waals surface area contributed by atoms with Crippen molar-refractivity contribution in [3.05, 3.63) is 44.6 Å². The fourth-order valence-electron chi connectivity index (χ4n) is 7.34. The second kappa shape index (κ2) is 14.1. The van der Waals surface area contributed by atoms with Crippen LogP contribution >= 0.6 is 22.9 Å². The third kappa shape index (κ3) is 7.59. The highest BCUT2D eigenvalue weighted by Gasteiger charge is 2.39. The van der Waals surface area contributed by atoms with Crippen molar-refractivity contribution < 1.29 is 37.4 Å². The molecule has 5 heterocycles. The smallest absolute Gasteiger partial charge is 0.420 e. The average Bonchev–Trinajstić information content (AvgIpc) is 3.52. The number of hydrogen-bond donors (Lipinski definition) is 3. The number of rotatable bonds is 6. The molecule has 4 aliphatic rings. The van der Waals surface area contributed by atoms with E-state index in [4.69, 9.17) is 16.3 Å². The Morgan fingerprint density at radius 1 is 1.00 bits per heavy atom. The Bertz CT molecular complexity index is 1470. The quantitative estimate of drug-likeness (QED) is 0.345. The molecule has 2 aromatic rings. The molecule has 0 spiro atoms. The SMILES string of the molecule is O=C(O[C@H](Cc1cc(Cl)c(O)c(C(F)(F)F)c1)C(=O)N1CCC(C2CCNCC2)CC1)N1CCC(N2Cc3cscc3NC2=O)CC1. The summed E-state index contributed by atoms with van der Waals surface area (Å²) in [5.74, 6) is -0.482. The molecule has 1 aromatic heterocycles. The van der Waals surface area contributed by atoms with Gasteiger partial charge in [0, 0.05) is 49.6 Å². The van der Waals surface area contributed by atoms with E-state index in [1.807, 2.05) is 10.8 Å². The summed E-state index contributed by atoms with van der Waals surface area (Å²) < 4.78 is 46.8. The van der Waals surface area contributed by atoms with Crippen LogP contribution in [0.4, 0.5) is 28.4 Å². The molecule has 0 radical (unpaired) electrons. The van der Waals surface area contributed by atoms with Crippen LogP contribution in [0.25, 0.3) is 0 Å². The Labute approximate surface area is 280 Å².